The third-order valence-electron chi connectivity index (χ3n) is 4.18. The predicted molar refractivity (Wildman–Crippen MR) is 82.3 cm³/mol. The van der Waals surface area contributed by atoms with E-state index < -0.39 is 16.8 Å². The van der Waals surface area contributed by atoms with E-state index in [0.29, 0.717) is 17.9 Å². The highest BCUT2D eigenvalue weighted by molar-refractivity contribution is 6.30. The van der Waals surface area contributed by atoms with E-state index >= 15 is 0 Å². The summed E-state index contributed by atoms with van der Waals surface area (Å²) in [6, 6.07) is 3.80. The molecule has 3 rings (SSSR count). The zero-order valence-corrected chi connectivity index (χ0v) is 12.9. The molecular formula is C15H13ClN2O5. The highest BCUT2D eigenvalue weighted by Gasteiger charge is 2.49. The number of carbonyl (C=O) groups excluding carboxylic acids is 2. The van der Waals surface area contributed by atoms with Crippen molar-refractivity contribution in [1.29, 1.82) is 0 Å². The van der Waals surface area contributed by atoms with Crippen molar-refractivity contribution in [2.45, 2.75) is 12.8 Å². The van der Waals surface area contributed by atoms with Crippen LogP contribution in [0.15, 0.2) is 29.3 Å². The molecular weight excluding hydrogens is 324 g/mol. The van der Waals surface area contributed by atoms with Crippen LogP contribution in [0.25, 0.3) is 0 Å². The Bertz CT molecular complexity index is 745. The second-order valence-corrected chi connectivity index (χ2v) is 5.91. The second kappa shape index (κ2) is 5.66. The largest absolute Gasteiger partial charge is 0.494 e. The van der Waals surface area contributed by atoms with Gasteiger partial charge in [-0.25, -0.2) is 4.90 Å². The molecule has 0 aromatic heterocycles. The topological polar surface area (TPSA) is 89.8 Å². The standard InChI is InChI=1S/C15H13ClN2O5/c1-23-13-7-9(18(21)22)3-5-12(13)17-14(19)10-4-2-8(16)6-11(10)15(17)20/h2-3,5,7,10-11H,4,6H2,1H3/t10-,11+/m0/s1. The number of fused-ring (bicyclic) bond motifs is 1. The summed E-state index contributed by atoms with van der Waals surface area (Å²) in [5.41, 5.74) is 0.0467. The Labute approximate surface area is 136 Å². The van der Waals surface area contributed by atoms with Crippen LogP contribution in [-0.2, 0) is 9.59 Å². The van der Waals surface area contributed by atoms with E-state index in [1.807, 2.05) is 0 Å². The first kappa shape index (κ1) is 15.5. The number of halogens is 1. The van der Waals surface area contributed by atoms with Gasteiger partial charge in [-0.3, -0.25) is 19.7 Å². The van der Waals surface area contributed by atoms with Crippen molar-refractivity contribution < 1.29 is 19.2 Å². The summed E-state index contributed by atoms with van der Waals surface area (Å²) in [5, 5.41) is 11.4. The van der Waals surface area contributed by atoms with Gasteiger partial charge in [-0.2, -0.15) is 0 Å². The molecule has 2 aliphatic rings. The van der Waals surface area contributed by atoms with Crippen molar-refractivity contribution in [1.82, 2.24) is 0 Å². The Morgan fingerprint density at radius 1 is 1.30 bits per heavy atom. The smallest absolute Gasteiger partial charge is 0.273 e. The summed E-state index contributed by atoms with van der Waals surface area (Å²) in [4.78, 5) is 36.5. The maximum absolute atomic E-state index is 12.6. The molecule has 2 atom stereocenters. The number of non-ortho nitro benzene ring substituents is 1. The molecule has 8 heteroatoms. The fraction of sp³-hybridized carbons (Fsp3) is 0.333. The molecule has 0 radical (unpaired) electrons. The summed E-state index contributed by atoms with van der Waals surface area (Å²) in [7, 11) is 1.33. The number of allylic oxidation sites excluding steroid dienone is 2. The molecule has 1 aliphatic carbocycles. The zero-order valence-electron chi connectivity index (χ0n) is 12.2. The van der Waals surface area contributed by atoms with Crippen molar-refractivity contribution in [3.63, 3.8) is 0 Å². The van der Waals surface area contributed by atoms with Gasteiger partial charge in [-0.05, 0) is 18.9 Å². The van der Waals surface area contributed by atoms with Gasteiger partial charge in [0.05, 0.1) is 35.6 Å². The number of methoxy groups -OCH3 is 1. The highest BCUT2D eigenvalue weighted by atomic mass is 35.5. The Morgan fingerprint density at radius 3 is 2.65 bits per heavy atom. The van der Waals surface area contributed by atoms with Gasteiger partial charge in [-0.15, -0.1) is 0 Å². The summed E-state index contributed by atoms with van der Waals surface area (Å²) >= 11 is 5.98. The van der Waals surface area contributed by atoms with Gasteiger partial charge in [0.2, 0.25) is 11.8 Å². The minimum Gasteiger partial charge on any atom is -0.494 e. The highest BCUT2D eigenvalue weighted by Crippen LogP contribution is 2.43. The SMILES string of the molecule is COc1cc([N+](=O)[O-])ccc1N1C(=O)[C@H]2CC=C(Cl)C[C@H]2C1=O. The molecule has 0 N–H and O–H groups in total. The van der Waals surface area contributed by atoms with Gasteiger partial charge in [0.25, 0.3) is 5.69 Å². The first-order chi connectivity index (χ1) is 10.9. The van der Waals surface area contributed by atoms with Crippen LogP contribution < -0.4 is 9.64 Å². The lowest BCUT2D eigenvalue weighted by Gasteiger charge is -2.17. The lowest BCUT2D eigenvalue weighted by atomic mass is 9.85. The monoisotopic (exact) mass is 336 g/mol. The van der Waals surface area contributed by atoms with Crippen molar-refractivity contribution >= 4 is 34.8 Å². The number of nitro benzene ring substituents is 1. The van der Waals surface area contributed by atoms with Crippen LogP contribution in [0.4, 0.5) is 11.4 Å². The number of hydrogen-bond acceptors (Lipinski definition) is 5. The van der Waals surface area contributed by atoms with Gasteiger partial charge in [-0.1, -0.05) is 17.7 Å². The molecule has 1 saturated heterocycles. The average Bonchev–Trinajstić information content (AvgIpc) is 2.77. The number of carbonyl (C=O) groups is 2. The maximum atomic E-state index is 12.6. The van der Waals surface area contributed by atoms with E-state index in [1.54, 1.807) is 6.08 Å². The third kappa shape index (κ3) is 2.46. The number of imide groups is 1. The van der Waals surface area contributed by atoms with E-state index in [9.17, 15) is 19.7 Å². The molecule has 0 unspecified atom stereocenters. The Hall–Kier alpha value is -2.41. The van der Waals surface area contributed by atoms with Crippen LogP contribution in [0, 0.1) is 22.0 Å². The van der Waals surface area contributed by atoms with Crippen LogP contribution >= 0.6 is 11.6 Å². The molecule has 0 bridgehead atoms. The van der Waals surface area contributed by atoms with Crippen LogP contribution in [-0.4, -0.2) is 23.8 Å². The third-order valence-corrected chi connectivity index (χ3v) is 4.49. The molecule has 2 amide bonds. The molecule has 0 spiro atoms. The van der Waals surface area contributed by atoms with Crippen molar-refractivity contribution in [3.8, 4) is 5.75 Å². The first-order valence-electron chi connectivity index (χ1n) is 6.98. The van der Waals surface area contributed by atoms with Crippen LogP contribution in [0.3, 0.4) is 0 Å². The minimum atomic E-state index is -0.566. The van der Waals surface area contributed by atoms with Crippen molar-refractivity contribution in [2.24, 2.45) is 11.8 Å². The van der Waals surface area contributed by atoms with Crippen LogP contribution in [0.1, 0.15) is 12.8 Å². The predicted octanol–water partition coefficient (Wildman–Crippen LogP) is 2.63. The normalized spacial score (nSPS) is 23.6. The number of rotatable bonds is 3. The maximum Gasteiger partial charge on any atom is 0.273 e. The number of nitro groups is 1. The summed E-state index contributed by atoms with van der Waals surface area (Å²) in [5.74, 6) is -1.49. The van der Waals surface area contributed by atoms with Crippen molar-refractivity contribution in [2.75, 3.05) is 12.0 Å². The van der Waals surface area contributed by atoms with E-state index in [2.05, 4.69) is 0 Å². The number of hydrogen-bond donors (Lipinski definition) is 0. The number of amides is 2. The molecule has 23 heavy (non-hydrogen) atoms. The molecule has 0 saturated carbocycles. The summed E-state index contributed by atoms with van der Waals surface area (Å²) in [6.45, 7) is 0. The number of anilines is 1. The molecule has 1 aliphatic heterocycles. The Balaban J connectivity index is 2.01. The Kier molecular flexibility index (Phi) is 3.81. The quantitative estimate of drug-likeness (QED) is 0.481. The first-order valence-corrected chi connectivity index (χ1v) is 7.36. The van der Waals surface area contributed by atoms with E-state index in [0.717, 1.165) is 4.90 Å². The van der Waals surface area contributed by atoms with Crippen LogP contribution in [0.5, 0.6) is 5.75 Å². The second-order valence-electron chi connectivity index (χ2n) is 5.43. The average molecular weight is 337 g/mol. The number of benzene rings is 1. The summed E-state index contributed by atoms with van der Waals surface area (Å²) < 4.78 is 5.13. The molecule has 120 valence electrons. The van der Waals surface area contributed by atoms with Gasteiger partial charge in [0, 0.05) is 11.1 Å². The van der Waals surface area contributed by atoms with Crippen LogP contribution in [0.2, 0.25) is 0 Å². The summed E-state index contributed by atoms with van der Waals surface area (Å²) in [6.07, 6.45) is 2.51. The van der Waals surface area contributed by atoms with E-state index in [-0.39, 0.29) is 28.9 Å². The Morgan fingerprint density at radius 2 is 2.00 bits per heavy atom. The lowest BCUT2D eigenvalue weighted by Crippen LogP contribution is -2.31. The van der Waals surface area contributed by atoms with Crippen molar-refractivity contribution in [3.05, 3.63) is 39.4 Å². The fourth-order valence-electron chi connectivity index (χ4n) is 3.03. The van der Waals surface area contributed by atoms with E-state index in [1.165, 1.54) is 25.3 Å². The van der Waals surface area contributed by atoms with E-state index in [4.69, 9.17) is 16.3 Å². The zero-order chi connectivity index (χ0) is 16.7. The number of nitrogens with zero attached hydrogens (tertiary/aromatic N) is 2. The van der Waals surface area contributed by atoms with Gasteiger partial charge >= 0.3 is 0 Å². The lowest BCUT2D eigenvalue weighted by molar-refractivity contribution is -0.384. The number of ether oxygens (including phenoxy) is 1. The minimum absolute atomic E-state index is 0.110. The molecule has 1 aromatic carbocycles. The fourth-order valence-corrected chi connectivity index (χ4v) is 3.28. The van der Waals surface area contributed by atoms with Gasteiger partial charge in [0.1, 0.15) is 5.75 Å². The van der Waals surface area contributed by atoms with Gasteiger partial charge in [0.15, 0.2) is 0 Å². The molecule has 1 fully saturated rings. The molecule has 1 aromatic rings. The molecule has 7 nitrogen and oxygen atoms in total. The van der Waals surface area contributed by atoms with Gasteiger partial charge < -0.3 is 4.74 Å². The molecule has 1 heterocycles.